The molecule has 8 heteroatoms. The molecule has 0 saturated carbocycles. The molecule has 1 aromatic heterocycles. The zero-order chi connectivity index (χ0) is 20.3. The highest BCUT2D eigenvalue weighted by Crippen LogP contribution is 2.24. The van der Waals surface area contributed by atoms with Gasteiger partial charge in [0.2, 0.25) is 10.0 Å². The molecule has 6 nitrogen and oxygen atoms in total. The van der Waals surface area contributed by atoms with Crippen LogP contribution in [0.2, 0.25) is 0 Å². The highest BCUT2D eigenvalue weighted by Gasteiger charge is 2.17. The van der Waals surface area contributed by atoms with Gasteiger partial charge < -0.3 is 5.32 Å². The lowest BCUT2D eigenvalue weighted by atomic mass is 10.0. The van der Waals surface area contributed by atoms with Crippen LogP contribution in [0.3, 0.4) is 0 Å². The molecule has 0 saturated heterocycles. The zero-order valence-electron chi connectivity index (χ0n) is 15.5. The van der Waals surface area contributed by atoms with Crippen LogP contribution in [0.1, 0.15) is 16.7 Å². The standard InChI is InChI=1S/C20H19FN4O2S/c1-13-7-8-15-11-16(12-22)20(25-19(15)14(13)2)23-9-10-24-28(26,27)18-6-4-3-5-17(18)21/h3-8,11,24H,9-10H2,1-2H3,(H,23,25). The van der Waals surface area contributed by atoms with Gasteiger partial charge in [-0.2, -0.15) is 5.26 Å². The number of pyridine rings is 1. The van der Waals surface area contributed by atoms with Gasteiger partial charge in [0.15, 0.2) is 0 Å². The number of sulfonamides is 1. The molecule has 0 unspecified atom stereocenters. The van der Waals surface area contributed by atoms with Crippen molar-refractivity contribution in [1.82, 2.24) is 9.71 Å². The summed E-state index contributed by atoms with van der Waals surface area (Å²) >= 11 is 0. The van der Waals surface area contributed by atoms with Crippen molar-refractivity contribution in [2.45, 2.75) is 18.7 Å². The predicted octanol–water partition coefficient (Wildman–Crippen LogP) is 3.25. The van der Waals surface area contributed by atoms with Gasteiger partial charge in [-0.25, -0.2) is 22.5 Å². The lowest BCUT2D eigenvalue weighted by Gasteiger charge is -2.12. The number of hydrogen-bond acceptors (Lipinski definition) is 5. The monoisotopic (exact) mass is 398 g/mol. The van der Waals surface area contributed by atoms with Crippen molar-refractivity contribution in [2.75, 3.05) is 18.4 Å². The van der Waals surface area contributed by atoms with E-state index in [2.05, 4.69) is 21.1 Å². The maximum atomic E-state index is 13.7. The van der Waals surface area contributed by atoms with E-state index in [1.54, 1.807) is 6.07 Å². The van der Waals surface area contributed by atoms with Crippen LogP contribution in [0.4, 0.5) is 10.2 Å². The average molecular weight is 398 g/mol. The van der Waals surface area contributed by atoms with Gasteiger partial charge in [-0.15, -0.1) is 0 Å². The highest BCUT2D eigenvalue weighted by molar-refractivity contribution is 7.89. The van der Waals surface area contributed by atoms with Crippen molar-refractivity contribution >= 4 is 26.7 Å². The van der Waals surface area contributed by atoms with Gasteiger partial charge >= 0.3 is 0 Å². The third-order valence-corrected chi connectivity index (χ3v) is 5.96. The molecule has 0 aliphatic carbocycles. The van der Waals surface area contributed by atoms with Gasteiger partial charge in [0.25, 0.3) is 0 Å². The van der Waals surface area contributed by atoms with E-state index in [1.807, 2.05) is 26.0 Å². The van der Waals surface area contributed by atoms with Crippen molar-refractivity contribution in [1.29, 1.82) is 5.26 Å². The van der Waals surface area contributed by atoms with E-state index < -0.39 is 20.7 Å². The third kappa shape index (κ3) is 3.96. The fourth-order valence-electron chi connectivity index (χ4n) is 2.81. The van der Waals surface area contributed by atoms with Crippen LogP contribution in [0.5, 0.6) is 0 Å². The molecule has 0 aliphatic rings. The molecule has 144 valence electrons. The Labute approximate surface area is 163 Å². The number of halogens is 1. The molecule has 0 bridgehead atoms. The molecule has 0 aliphatic heterocycles. The smallest absolute Gasteiger partial charge is 0.243 e. The van der Waals surface area contributed by atoms with E-state index in [4.69, 9.17) is 0 Å². The summed E-state index contributed by atoms with van der Waals surface area (Å²) < 4.78 is 40.4. The summed E-state index contributed by atoms with van der Waals surface area (Å²) in [6.07, 6.45) is 0. The molecular formula is C20H19FN4O2S. The van der Waals surface area contributed by atoms with Gasteiger partial charge in [-0.1, -0.05) is 24.3 Å². The number of fused-ring (bicyclic) bond motifs is 1. The minimum absolute atomic E-state index is 0.00799. The van der Waals surface area contributed by atoms with Crippen LogP contribution in [-0.4, -0.2) is 26.5 Å². The normalized spacial score (nSPS) is 11.4. The molecule has 3 rings (SSSR count). The molecule has 2 N–H and O–H groups in total. The fourth-order valence-corrected chi connectivity index (χ4v) is 3.92. The Morgan fingerprint density at radius 3 is 2.61 bits per heavy atom. The van der Waals surface area contributed by atoms with Gasteiger partial charge in [0.1, 0.15) is 22.6 Å². The van der Waals surface area contributed by atoms with E-state index in [9.17, 15) is 18.1 Å². The molecule has 0 radical (unpaired) electrons. The van der Waals surface area contributed by atoms with E-state index in [-0.39, 0.29) is 13.1 Å². The number of nitrogens with one attached hydrogen (secondary N) is 2. The first-order chi connectivity index (χ1) is 13.3. The minimum Gasteiger partial charge on any atom is -0.368 e. The first-order valence-electron chi connectivity index (χ1n) is 8.62. The Bertz CT molecular complexity index is 1190. The number of hydrogen-bond donors (Lipinski definition) is 2. The molecular weight excluding hydrogens is 379 g/mol. The fraction of sp³-hybridized carbons (Fsp3) is 0.200. The summed E-state index contributed by atoms with van der Waals surface area (Å²) in [5, 5.41) is 13.2. The molecule has 3 aromatic rings. The molecule has 28 heavy (non-hydrogen) atoms. The second-order valence-corrected chi connectivity index (χ2v) is 8.07. The average Bonchev–Trinajstić information content (AvgIpc) is 2.68. The van der Waals surface area contributed by atoms with Gasteiger partial charge in [-0.3, -0.25) is 0 Å². The number of rotatable bonds is 6. The van der Waals surface area contributed by atoms with Gasteiger partial charge in [0, 0.05) is 18.5 Å². The van der Waals surface area contributed by atoms with Crippen molar-refractivity contribution in [3.63, 3.8) is 0 Å². The second kappa shape index (κ2) is 7.92. The summed E-state index contributed by atoms with van der Waals surface area (Å²) in [6, 6.07) is 12.9. The number of aryl methyl sites for hydroxylation is 2. The SMILES string of the molecule is Cc1ccc2cc(C#N)c(NCCNS(=O)(=O)c3ccccc3F)nc2c1C. The number of nitriles is 1. The van der Waals surface area contributed by atoms with Gasteiger partial charge in [-0.05, 0) is 43.2 Å². The largest absolute Gasteiger partial charge is 0.368 e. The summed E-state index contributed by atoms with van der Waals surface area (Å²) in [5.74, 6) is -0.425. The first-order valence-corrected chi connectivity index (χ1v) is 10.1. The maximum absolute atomic E-state index is 13.7. The molecule has 0 amide bonds. The lowest BCUT2D eigenvalue weighted by molar-refractivity contribution is 0.558. The minimum atomic E-state index is -3.96. The summed E-state index contributed by atoms with van der Waals surface area (Å²) in [4.78, 5) is 4.14. The maximum Gasteiger partial charge on any atom is 0.243 e. The van der Waals surface area contributed by atoms with E-state index >= 15 is 0 Å². The first kappa shape index (κ1) is 19.7. The predicted molar refractivity (Wildman–Crippen MR) is 106 cm³/mol. The molecule has 0 spiro atoms. The topological polar surface area (TPSA) is 94.9 Å². The molecule has 0 atom stereocenters. The van der Waals surface area contributed by atoms with Crippen LogP contribution < -0.4 is 10.0 Å². The van der Waals surface area contributed by atoms with Crippen molar-refractivity contribution in [3.8, 4) is 6.07 Å². The van der Waals surface area contributed by atoms with Crippen LogP contribution in [-0.2, 0) is 10.0 Å². The third-order valence-electron chi connectivity index (χ3n) is 4.47. The molecule has 0 fully saturated rings. The summed E-state index contributed by atoms with van der Waals surface area (Å²) in [6.45, 7) is 4.14. The van der Waals surface area contributed by atoms with E-state index in [0.29, 0.717) is 11.4 Å². The van der Waals surface area contributed by atoms with Crippen LogP contribution in [0.15, 0.2) is 47.4 Å². The quantitative estimate of drug-likeness (QED) is 0.622. The lowest BCUT2D eigenvalue weighted by Crippen LogP contribution is -2.29. The highest BCUT2D eigenvalue weighted by atomic mass is 32.2. The van der Waals surface area contributed by atoms with Crippen molar-refractivity contribution < 1.29 is 12.8 Å². The second-order valence-electron chi connectivity index (χ2n) is 6.33. The van der Waals surface area contributed by atoms with Gasteiger partial charge in [0.05, 0.1) is 11.1 Å². The summed E-state index contributed by atoms with van der Waals surface area (Å²) in [5.41, 5.74) is 3.26. The number of nitrogens with zero attached hydrogens (tertiary/aromatic N) is 2. The zero-order valence-corrected chi connectivity index (χ0v) is 16.3. The van der Waals surface area contributed by atoms with Crippen molar-refractivity contribution in [2.24, 2.45) is 0 Å². The van der Waals surface area contributed by atoms with E-state index in [0.717, 1.165) is 28.1 Å². The van der Waals surface area contributed by atoms with E-state index in [1.165, 1.54) is 18.2 Å². The van der Waals surface area contributed by atoms with Crippen LogP contribution >= 0.6 is 0 Å². The molecule has 2 aromatic carbocycles. The number of benzene rings is 2. The molecule has 1 heterocycles. The Hall–Kier alpha value is -3.02. The Balaban J connectivity index is 1.74. The number of aromatic nitrogens is 1. The Morgan fingerprint density at radius 1 is 1.14 bits per heavy atom. The Kier molecular flexibility index (Phi) is 5.58. The van der Waals surface area contributed by atoms with Crippen molar-refractivity contribution in [3.05, 3.63) is 65.0 Å². The summed E-state index contributed by atoms with van der Waals surface area (Å²) in [7, 11) is -3.96. The Morgan fingerprint density at radius 2 is 1.89 bits per heavy atom. The number of anilines is 1. The van der Waals surface area contributed by atoms with Crippen LogP contribution in [0, 0.1) is 31.0 Å². The van der Waals surface area contributed by atoms with Crippen LogP contribution in [0.25, 0.3) is 10.9 Å².